The molecule has 0 aromatic heterocycles. The van der Waals surface area contributed by atoms with Crippen molar-refractivity contribution in [3.63, 3.8) is 0 Å². The highest BCUT2D eigenvalue weighted by molar-refractivity contribution is 7.92. The third kappa shape index (κ3) is 5.73. The highest BCUT2D eigenvalue weighted by Gasteiger charge is 2.33. The number of hydrogen-bond donors (Lipinski definition) is 1. The molecule has 3 aromatic carbocycles. The lowest BCUT2D eigenvalue weighted by molar-refractivity contribution is -0.137. The van der Waals surface area contributed by atoms with Crippen LogP contribution >= 0.6 is 0 Å². The molecule has 0 fully saturated rings. The molecule has 0 heterocycles. The first-order valence-electron chi connectivity index (χ1n) is 10.7. The SMILES string of the molecule is COc1ccc(S(=O)(=O)N(CC(=O)Nc2c(C)cccc2C)c2cccc(C(F)(F)F)c2)cc1OC. The van der Waals surface area contributed by atoms with E-state index < -0.39 is 34.2 Å². The molecule has 1 N–H and O–H groups in total. The minimum absolute atomic E-state index is 0.0996. The van der Waals surface area contributed by atoms with E-state index in [9.17, 15) is 26.4 Å². The molecule has 0 atom stereocenters. The Bertz CT molecular complexity index is 1350. The summed E-state index contributed by atoms with van der Waals surface area (Å²) in [6, 6.07) is 12.9. The largest absolute Gasteiger partial charge is 0.493 e. The van der Waals surface area contributed by atoms with E-state index in [0.717, 1.165) is 23.3 Å². The smallest absolute Gasteiger partial charge is 0.416 e. The van der Waals surface area contributed by atoms with Gasteiger partial charge in [-0.1, -0.05) is 24.3 Å². The molecule has 0 radical (unpaired) electrons. The molecule has 0 unspecified atom stereocenters. The average Bonchev–Trinajstić information content (AvgIpc) is 2.83. The van der Waals surface area contributed by atoms with Crippen LogP contribution in [0.1, 0.15) is 16.7 Å². The van der Waals surface area contributed by atoms with Gasteiger partial charge in [-0.15, -0.1) is 0 Å². The highest BCUT2D eigenvalue weighted by atomic mass is 32.2. The number of sulfonamides is 1. The molecule has 1 amide bonds. The standard InChI is InChI=1S/C25H25F3N2O5S/c1-16-7-5-8-17(2)24(16)29-23(31)15-30(19-10-6-9-18(13-19)25(26,27)28)36(32,33)20-11-12-21(34-3)22(14-20)35-4/h5-14H,15H2,1-4H3,(H,29,31). The summed E-state index contributed by atoms with van der Waals surface area (Å²) >= 11 is 0. The molecule has 0 saturated carbocycles. The summed E-state index contributed by atoms with van der Waals surface area (Å²) in [5, 5.41) is 2.68. The highest BCUT2D eigenvalue weighted by Crippen LogP contribution is 2.35. The Balaban J connectivity index is 2.09. The lowest BCUT2D eigenvalue weighted by Gasteiger charge is -2.25. The Labute approximate surface area is 207 Å². The van der Waals surface area contributed by atoms with Gasteiger partial charge < -0.3 is 14.8 Å². The number of hydrogen-bond acceptors (Lipinski definition) is 5. The van der Waals surface area contributed by atoms with Gasteiger partial charge in [-0.3, -0.25) is 9.10 Å². The second-order valence-electron chi connectivity index (χ2n) is 7.89. The van der Waals surface area contributed by atoms with Crippen molar-refractivity contribution in [2.75, 3.05) is 30.4 Å². The van der Waals surface area contributed by atoms with E-state index in [1.165, 1.54) is 38.5 Å². The minimum atomic E-state index is -4.71. The van der Waals surface area contributed by atoms with Gasteiger partial charge in [0.2, 0.25) is 5.91 Å². The number of nitrogens with zero attached hydrogens (tertiary/aromatic N) is 1. The Morgan fingerprint density at radius 3 is 2.11 bits per heavy atom. The number of nitrogens with one attached hydrogen (secondary N) is 1. The fourth-order valence-electron chi connectivity index (χ4n) is 3.58. The number of amides is 1. The summed E-state index contributed by atoms with van der Waals surface area (Å²) in [6.45, 7) is 2.77. The van der Waals surface area contributed by atoms with Crippen molar-refractivity contribution < 1.29 is 35.9 Å². The summed E-state index contributed by atoms with van der Waals surface area (Å²) in [5.74, 6) is -0.369. The summed E-state index contributed by atoms with van der Waals surface area (Å²) in [6.07, 6.45) is -4.71. The van der Waals surface area contributed by atoms with E-state index in [4.69, 9.17) is 9.47 Å². The summed E-state index contributed by atoms with van der Waals surface area (Å²) in [4.78, 5) is 12.7. The van der Waals surface area contributed by atoms with Gasteiger partial charge in [0.1, 0.15) is 6.54 Å². The Kier molecular flexibility index (Phi) is 7.83. The minimum Gasteiger partial charge on any atom is -0.493 e. The predicted molar refractivity (Wildman–Crippen MR) is 130 cm³/mol. The number of benzene rings is 3. The number of carbonyl (C=O) groups excluding carboxylic acids is 1. The third-order valence-electron chi connectivity index (χ3n) is 5.44. The van der Waals surface area contributed by atoms with E-state index in [1.54, 1.807) is 32.0 Å². The van der Waals surface area contributed by atoms with E-state index in [2.05, 4.69) is 5.32 Å². The maximum Gasteiger partial charge on any atom is 0.416 e. The van der Waals surface area contributed by atoms with Gasteiger partial charge in [-0.05, 0) is 55.3 Å². The van der Waals surface area contributed by atoms with Crippen LogP contribution in [-0.2, 0) is 21.0 Å². The molecule has 0 bridgehead atoms. The first-order valence-corrected chi connectivity index (χ1v) is 12.1. The Morgan fingerprint density at radius 1 is 0.917 bits per heavy atom. The first kappa shape index (κ1) is 26.9. The number of para-hydroxylation sites is 1. The molecule has 3 rings (SSSR count). The van der Waals surface area contributed by atoms with Gasteiger partial charge >= 0.3 is 6.18 Å². The lowest BCUT2D eigenvalue weighted by atomic mass is 10.1. The lowest BCUT2D eigenvalue weighted by Crippen LogP contribution is -2.38. The number of alkyl halides is 3. The Morgan fingerprint density at radius 2 is 1.53 bits per heavy atom. The second-order valence-corrected chi connectivity index (χ2v) is 9.75. The zero-order valence-corrected chi connectivity index (χ0v) is 20.8. The van der Waals surface area contributed by atoms with Crippen LogP contribution in [0.15, 0.2) is 65.6 Å². The van der Waals surface area contributed by atoms with Crippen molar-refractivity contribution in [1.29, 1.82) is 0 Å². The number of carbonyl (C=O) groups is 1. The van der Waals surface area contributed by atoms with Gasteiger partial charge in [-0.2, -0.15) is 13.2 Å². The molecule has 36 heavy (non-hydrogen) atoms. The number of halogens is 3. The molecule has 0 aliphatic heterocycles. The van der Waals surface area contributed by atoms with Crippen LogP contribution in [0.5, 0.6) is 11.5 Å². The van der Waals surface area contributed by atoms with E-state index >= 15 is 0 Å². The van der Waals surface area contributed by atoms with Crippen molar-refractivity contribution in [1.82, 2.24) is 0 Å². The average molecular weight is 523 g/mol. The topological polar surface area (TPSA) is 84.9 Å². The van der Waals surface area contributed by atoms with Crippen molar-refractivity contribution in [2.45, 2.75) is 24.9 Å². The van der Waals surface area contributed by atoms with Gasteiger partial charge in [0.05, 0.1) is 30.4 Å². The number of anilines is 2. The van der Waals surface area contributed by atoms with Crippen LogP contribution in [0, 0.1) is 13.8 Å². The molecule has 3 aromatic rings. The van der Waals surface area contributed by atoms with Crippen molar-refractivity contribution in [2.24, 2.45) is 0 Å². The van der Waals surface area contributed by atoms with Crippen LogP contribution in [0.4, 0.5) is 24.5 Å². The number of aryl methyl sites for hydroxylation is 2. The van der Waals surface area contributed by atoms with Crippen LogP contribution in [0.3, 0.4) is 0 Å². The second kappa shape index (κ2) is 10.5. The number of methoxy groups -OCH3 is 2. The van der Waals surface area contributed by atoms with E-state index in [0.29, 0.717) is 16.1 Å². The first-order chi connectivity index (χ1) is 16.9. The van der Waals surface area contributed by atoms with Crippen molar-refractivity contribution in [3.8, 4) is 11.5 Å². The Hall–Kier alpha value is -3.73. The van der Waals surface area contributed by atoms with Gasteiger partial charge in [0, 0.05) is 11.8 Å². The molecule has 0 saturated heterocycles. The molecular weight excluding hydrogens is 497 g/mol. The third-order valence-corrected chi connectivity index (χ3v) is 7.21. The quantitative estimate of drug-likeness (QED) is 0.441. The zero-order chi connectivity index (χ0) is 26.7. The van der Waals surface area contributed by atoms with Gasteiger partial charge in [-0.25, -0.2) is 8.42 Å². The maximum atomic E-state index is 13.7. The van der Waals surface area contributed by atoms with Gasteiger partial charge in [0.15, 0.2) is 11.5 Å². The fraction of sp³-hybridized carbons (Fsp3) is 0.240. The van der Waals surface area contributed by atoms with E-state index in [-0.39, 0.29) is 22.1 Å². The number of rotatable bonds is 8. The van der Waals surface area contributed by atoms with Crippen LogP contribution in [-0.4, -0.2) is 35.1 Å². The normalized spacial score (nSPS) is 11.6. The van der Waals surface area contributed by atoms with Crippen molar-refractivity contribution >= 4 is 27.3 Å². The van der Waals surface area contributed by atoms with Crippen LogP contribution in [0.25, 0.3) is 0 Å². The van der Waals surface area contributed by atoms with Crippen LogP contribution in [0.2, 0.25) is 0 Å². The zero-order valence-electron chi connectivity index (χ0n) is 20.0. The molecule has 7 nitrogen and oxygen atoms in total. The number of ether oxygens (including phenoxy) is 2. The fourth-order valence-corrected chi connectivity index (χ4v) is 5.01. The summed E-state index contributed by atoms with van der Waals surface area (Å²) < 4.78 is 78.4. The predicted octanol–water partition coefficient (Wildman–Crippen LogP) is 5.17. The van der Waals surface area contributed by atoms with Crippen LogP contribution < -0.4 is 19.1 Å². The molecule has 192 valence electrons. The molecule has 0 aliphatic rings. The molecular formula is C25H25F3N2O5S. The monoisotopic (exact) mass is 522 g/mol. The summed E-state index contributed by atoms with van der Waals surface area (Å²) in [5.41, 5.74) is 0.613. The molecule has 11 heteroatoms. The van der Waals surface area contributed by atoms with Crippen molar-refractivity contribution in [3.05, 3.63) is 77.4 Å². The molecule has 0 spiro atoms. The summed E-state index contributed by atoms with van der Waals surface area (Å²) in [7, 11) is -1.82. The molecule has 0 aliphatic carbocycles. The van der Waals surface area contributed by atoms with E-state index in [1.807, 2.05) is 0 Å². The van der Waals surface area contributed by atoms with Gasteiger partial charge in [0.25, 0.3) is 10.0 Å². The maximum absolute atomic E-state index is 13.7.